The lowest BCUT2D eigenvalue weighted by Gasteiger charge is -2.22. The van der Waals surface area contributed by atoms with Gasteiger partial charge in [-0.25, -0.2) is 8.42 Å². The van der Waals surface area contributed by atoms with E-state index in [-0.39, 0.29) is 18.4 Å². The van der Waals surface area contributed by atoms with Gasteiger partial charge in [0.15, 0.2) is 9.84 Å². The molecular formula is C10H16N2O3S. The molecule has 1 aliphatic rings. The summed E-state index contributed by atoms with van der Waals surface area (Å²) in [5, 5.41) is 13.0. The molecule has 0 spiro atoms. The van der Waals surface area contributed by atoms with Crippen LogP contribution in [0.3, 0.4) is 0 Å². The van der Waals surface area contributed by atoms with Gasteiger partial charge in [-0.3, -0.25) is 4.68 Å². The highest BCUT2D eigenvalue weighted by molar-refractivity contribution is 7.91. The molecule has 2 rings (SSSR count). The number of aromatic nitrogens is 2. The maximum atomic E-state index is 11.5. The molecule has 1 saturated heterocycles. The topological polar surface area (TPSA) is 72.2 Å². The maximum Gasteiger partial charge on any atom is 0.152 e. The molecule has 1 aromatic heterocycles. The Morgan fingerprint density at radius 2 is 2.38 bits per heavy atom. The van der Waals surface area contributed by atoms with Crippen LogP contribution in [0, 0.1) is 0 Å². The van der Waals surface area contributed by atoms with Crippen molar-refractivity contribution in [2.24, 2.45) is 0 Å². The van der Waals surface area contributed by atoms with Gasteiger partial charge in [0.2, 0.25) is 0 Å². The first-order valence-electron chi connectivity index (χ1n) is 5.45. The minimum absolute atomic E-state index is 0.0359. The van der Waals surface area contributed by atoms with E-state index in [4.69, 9.17) is 5.11 Å². The molecule has 5 nitrogen and oxygen atoms in total. The summed E-state index contributed by atoms with van der Waals surface area (Å²) in [6.45, 7) is 0.0919. The Morgan fingerprint density at radius 3 is 3.06 bits per heavy atom. The summed E-state index contributed by atoms with van der Waals surface area (Å²) in [5.74, 6) is 0.488. The van der Waals surface area contributed by atoms with E-state index in [0.717, 1.165) is 12.0 Å². The summed E-state index contributed by atoms with van der Waals surface area (Å²) in [7, 11) is -2.89. The molecule has 1 fully saturated rings. The molecule has 0 aliphatic carbocycles. The number of aliphatic hydroxyl groups is 1. The number of nitrogens with zero attached hydrogens (tertiary/aromatic N) is 2. The molecule has 16 heavy (non-hydrogen) atoms. The van der Waals surface area contributed by atoms with Crippen LogP contribution in [0.2, 0.25) is 0 Å². The van der Waals surface area contributed by atoms with E-state index in [1.54, 1.807) is 10.9 Å². The van der Waals surface area contributed by atoms with Crippen molar-refractivity contribution in [3.05, 3.63) is 18.0 Å². The number of rotatable bonds is 3. The molecule has 0 saturated carbocycles. The molecular weight excluding hydrogens is 228 g/mol. The quantitative estimate of drug-likeness (QED) is 0.822. The van der Waals surface area contributed by atoms with Crippen molar-refractivity contribution in [3.63, 3.8) is 0 Å². The van der Waals surface area contributed by atoms with Gasteiger partial charge in [-0.05, 0) is 24.8 Å². The second-order valence-electron chi connectivity index (χ2n) is 4.21. The summed E-state index contributed by atoms with van der Waals surface area (Å²) in [6.07, 6.45) is 5.67. The second kappa shape index (κ2) is 4.55. The van der Waals surface area contributed by atoms with Crippen molar-refractivity contribution in [1.29, 1.82) is 0 Å². The van der Waals surface area contributed by atoms with Crippen molar-refractivity contribution in [1.82, 2.24) is 9.78 Å². The fourth-order valence-corrected chi connectivity index (χ4v) is 3.72. The zero-order valence-electron chi connectivity index (χ0n) is 9.04. The minimum Gasteiger partial charge on any atom is -0.396 e. The van der Waals surface area contributed by atoms with Crippen molar-refractivity contribution >= 4 is 9.84 Å². The normalized spacial score (nSPS) is 24.4. The lowest BCUT2D eigenvalue weighted by molar-refractivity contribution is 0.299. The molecule has 0 amide bonds. The van der Waals surface area contributed by atoms with Crippen LogP contribution >= 0.6 is 0 Å². The van der Waals surface area contributed by atoms with Gasteiger partial charge in [0, 0.05) is 12.8 Å². The maximum absolute atomic E-state index is 11.5. The standard InChI is InChI=1S/C10H16N2O3S/c13-4-3-9-6-11-12(7-9)10-2-1-5-16(14,15)8-10/h6-7,10,13H,1-5,8H2. The first kappa shape index (κ1) is 11.6. The van der Waals surface area contributed by atoms with E-state index in [9.17, 15) is 8.42 Å². The number of aliphatic hydroxyl groups excluding tert-OH is 1. The van der Waals surface area contributed by atoms with Crippen LogP contribution < -0.4 is 0 Å². The highest BCUT2D eigenvalue weighted by Crippen LogP contribution is 2.22. The fourth-order valence-electron chi connectivity index (χ4n) is 2.04. The molecule has 0 bridgehead atoms. The third-order valence-electron chi connectivity index (χ3n) is 2.87. The SMILES string of the molecule is O=S1(=O)CCCC(n2cc(CCO)cn2)C1. The number of hydrogen-bond acceptors (Lipinski definition) is 4. The van der Waals surface area contributed by atoms with E-state index in [1.807, 2.05) is 6.20 Å². The van der Waals surface area contributed by atoms with E-state index in [0.29, 0.717) is 18.6 Å². The largest absolute Gasteiger partial charge is 0.396 e. The lowest BCUT2D eigenvalue weighted by atomic mass is 10.2. The van der Waals surface area contributed by atoms with Gasteiger partial charge < -0.3 is 5.11 Å². The summed E-state index contributed by atoms with van der Waals surface area (Å²) >= 11 is 0. The summed E-state index contributed by atoms with van der Waals surface area (Å²) in [6, 6.07) is -0.0359. The molecule has 1 aromatic rings. The Kier molecular flexibility index (Phi) is 3.30. The molecule has 2 heterocycles. The fraction of sp³-hybridized carbons (Fsp3) is 0.700. The number of hydrogen-bond donors (Lipinski definition) is 1. The smallest absolute Gasteiger partial charge is 0.152 e. The summed E-state index contributed by atoms with van der Waals surface area (Å²) in [4.78, 5) is 0. The molecule has 1 atom stereocenters. The predicted molar refractivity (Wildman–Crippen MR) is 59.9 cm³/mol. The summed E-state index contributed by atoms with van der Waals surface area (Å²) in [5.41, 5.74) is 0.950. The van der Waals surface area contributed by atoms with Crippen LogP contribution in [-0.4, -0.2) is 41.4 Å². The van der Waals surface area contributed by atoms with E-state index < -0.39 is 9.84 Å². The Hall–Kier alpha value is -0.880. The van der Waals surface area contributed by atoms with Crippen LogP contribution in [-0.2, 0) is 16.3 Å². The van der Waals surface area contributed by atoms with Gasteiger partial charge in [0.05, 0.1) is 23.7 Å². The van der Waals surface area contributed by atoms with Gasteiger partial charge in [0.1, 0.15) is 0 Å². The van der Waals surface area contributed by atoms with Crippen molar-refractivity contribution in [3.8, 4) is 0 Å². The highest BCUT2D eigenvalue weighted by Gasteiger charge is 2.26. The van der Waals surface area contributed by atoms with Crippen LogP contribution in [0.5, 0.6) is 0 Å². The molecule has 1 aliphatic heterocycles. The molecule has 90 valence electrons. The highest BCUT2D eigenvalue weighted by atomic mass is 32.2. The predicted octanol–water partition coefficient (Wildman–Crippen LogP) is 0.168. The number of sulfone groups is 1. The van der Waals surface area contributed by atoms with Crippen molar-refractivity contribution in [2.75, 3.05) is 18.1 Å². The molecule has 0 radical (unpaired) electrons. The third kappa shape index (κ3) is 2.62. The van der Waals surface area contributed by atoms with E-state index >= 15 is 0 Å². The van der Waals surface area contributed by atoms with Gasteiger partial charge >= 0.3 is 0 Å². The van der Waals surface area contributed by atoms with E-state index in [1.165, 1.54) is 0 Å². The van der Waals surface area contributed by atoms with Gasteiger partial charge in [-0.15, -0.1) is 0 Å². The van der Waals surface area contributed by atoms with Crippen LogP contribution in [0.1, 0.15) is 24.4 Å². The average Bonchev–Trinajstić information content (AvgIpc) is 2.65. The monoisotopic (exact) mass is 244 g/mol. The summed E-state index contributed by atoms with van der Waals surface area (Å²) < 4.78 is 24.7. The first-order chi connectivity index (χ1) is 7.61. The molecule has 1 unspecified atom stereocenters. The lowest BCUT2D eigenvalue weighted by Crippen LogP contribution is -2.27. The van der Waals surface area contributed by atoms with Crippen molar-refractivity contribution < 1.29 is 13.5 Å². The third-order valence-corrected chi connectivity index (χ3v) is 4.67. The van der Waals surface area contributed by atoms with Gasteiger partial charge in [-0.2, -0.15) is 5.10 Å². The van der Waals surface area contributed by atoms with Crippen LogP contribution in [0.4, 0.5) is 0 Å². The van der Waals surface area contributed by atoms with Crippen LogP contribution in [0.25, 0.3) is 0 Å². The van der Waals surface area contributed by atoms with Crippen molar-refractivity contribution in [2.45, 2.75) is 25.3 Å². The first-order valence-corrected chi connectivity index (χ1v) is 7.27. The molecule has 6 heteroatoms. The zero-order valence-corrected chi connectivity index (χ0v) is 9.86. The minimum atomic E-state index is -2.89. The van der Waals surface area contributed by atoms with E-state index in [2.05, 4.69) is 5.10 Å². The zero-order chi connectivity index (χ0) is 11.6. The van der Waals surface area contributed by atoms with Gasteiger partial charge in [-0.1, -0.05) is 0 Å². The molecule has 1 N–H and O–H groups in total. The second-order valence-corrected chi connectivity index (χ2v) is 6.44. The Morgan fingerprint density at radius 1 is 1.56 bits per heavy atom. The average molecular weight is 244 g/mol. The van der Waals surface area contributed by atoms with Gasteiger partial charge in [0.25, 0.3) is 0 Å². The van der Waals surface area contributed by atoms with Crippen LogP contribution in [0.15, 0.2) is 12.4 Å². The Balaban J connectivity index is 2.11. The molecule has 0 aromatic carbocycles. The Labute approximate surface area is 95.0 Å². The Bertz CT molecular complexity index is 452.